The van der Waals surface area contributed by atoms with Crippen LogP contribution in [0, 0.1) is 13.8 Å². The van der Waals surface area contributed by atoms with Crippen molar-refractivity contribution in [2.45, 2.75) is 51.6 Å². The fraction of sp³-hybridized carbons (Fsp3) is 0.571. The molecule has 0 saturated heterocycles. The molecule has 2 rings (SSSR count). The minimum Gasteiger partial charge on any atom is -0.507 e. The molecule has 1 aliphatic rings. The fourth-order valence-corrected chi connectivity index (χ4v) is 2.70. The van der Waals surface area contributed by atoms with E-state index in [-0.39, 0.29) is 12.0 Å². The molecule has 1 aliphatic carbocycles. The lowest BCUT2D eigenvalue weighted by Gasteiger charge is -2.28. The number of phenolic OH excluding ortho intramolecular Hbond substituents is 1. The molecule has 0 aliphatic heterocycles. The van der Waals surface area contributed by atoms with Crippen LogP contribution in [0.1, 0.15) is 48.3 Å². The number of benzene rings is 1. The third-order valence-electron chi connectivity index (χ3n) is 3.67. The Morgan fingerprint density at radius 3 is 2.19 bits per heavy atom. The molecule has 0 heterocycles. The van der Waals surface area contributed by atoms with Crippen molar-refractivity contribution in [3.63, 3.8) is 0 Å². The van der Waals surface area contributed by atoms with E-state index in [1.54, 1.807) is 0 Å². The minimum absolute atomic E-state index is 0.211. The first-order valence-corrected chi connectivity index (χ1v) is 6.08. The van der Waals surface area contributed by atoms with E-state index in [4.69, 9.17) is 0 Å². The third-order valence-corrected chi connectivity index (χ3v) is 3.67. The highest BCUT2D eigenvalue weighted by Gasteiger charge is 2.25. The van der Waals surface area contributed by atoms with Gasteiger partial charge < -0.3 is 10.2 Å². The van der Waals surface area contributed by atoms with Crippen molar-refractivity contribution in [1.82, 2.24) is 0 Å². The van der Waals surface area contributed by atoms with Gasteiger partial charge in [-0.15, -0.1) is 0 Å². The molecule has 2 nitrogen and oxygen atoms in total. The predicted octanol–water partition coefficient (Wildman–Crippen LogP) is 3.03. The highest BCUT2D eigenvalue weighted by atomic mass is 16.3. The van der Waals surface area contributed by atoms with Gasteiger partial charge in [0.2, 0.25) is 0 Å². The highest BCUT2D eigenvalue weighted by Crippen LogP contribution is 2.35. The van der Waals surface area contributed by atoms with Crippen LogP contribution in [0.4, 0.5) is 0 Å². The maximum absolute atomic E-state index is 10.0. The van der Waals surface area contributed by atoms with Crippen LogP contribution in [-0.2, 0) is 0 Å². The summed E-state index contributed by atoms with van der Waals surface area (Å²) in [5.41, 5.74) is 3.00. The molecule has 1 fully saturated rings. The second-order valence-corrected chi connectivity index (χ2v) is 4.96. The summed E-state index contributed by atoms with van der Waals surface area (Å²) < 4.78 is 0. The minimum atomic E-state index is -0.211. The van der Waals surface area contributed by atoms with Gasteiger partial charge in [-0.05, 0) is 43.4 Å². The van der Waals surface area contributed by atoms with Crippen LogP contribution in [0.5, 0.6) is 5.75 Å². The van der Waals surface area contributed by atoms with E-state index in [1.165, 1.54) is 12.0 Å². The van der Waals surface area contributed by atoms with E-state index in [0.29, 0.717) is 5.75 Å². The van der Waals surface area contributed by atoms with Gasteiger partial charge in [0.05, 0.1) is 6.10 Å². The number of hydrogen-bond acceptors (Lipinski definition) is 2. The van der Waals surface area contributed by atoms with Crippen LogP contribution in [0.3, 0.4) is 0 Å². The van der Waals surface area contributed by atoms with Crippen LogP contribution in [0.2, 0.25) is 0 Å². The van der Waals surface area contributed by atoms with Gasteiger partial charge in [0.1, 0.15) is 5.75 Å². The maximum atomic E-state index is 10.0. The summed E-state index contributed by atoms with van der Waals surface area (Å²) in [5.74, 6) is 0.640. The SMILES string of the molecule is Cc1cc([C@@H]2CCCC[C@H]2O)cc(C)c1O. The summed E-state index contributed by atoms with van der Waals surface area (Å²) in [6, 6.07) is 4.03. The number of aromatic hydroxyl groups is 1. The number of aliphatic hydroxyl groups is 1. The molecule has 1 aromatic carbocycles. The van der Waals surface area contributed by atoms with E-state index < -0.39 is 0 Å². The summed E-state index contributed by atoms with van der Waals surface area (Å²) in [5, 5.41) is 19.7. The summed E-state index contributed by atoms with van der Waals surface area (Å²) >= 11 is 0. The zero-order valence-corrected chi connectivity index (χ0v) is 10.0. The molecular weight excluding hydrogens is 200 g/mol. The van der Waals surface area contributed by atoms with E-state index in [9.17, 15) is 10.2 Å². The first-order chi connectivity index (χ1) is 7.59. The molecule has 1 saturated carbocycles. The number of aryl methyl sites for hydroxylation is 2. The van der Waals surface area contributed by atoms with Gasteiger partial charge in [0.15, 0.2) is 0 Å². The predicted molar refractivity (Wildman–Crippen MR) is 64.8 cm³/mol. The Kier molecular flexibility index (Phi) is 3.20. The van der Waals surface area contributed by atoms with Crippen LogP contribution in [-0.4, -0.2) is 16.3 Å². The Morgan fingerprint density at radius 1 is 1.06 bits per heavy atom. The zero-order chi connectivity index (χ0) is 11.7. The monoisotopic (exact) mass is 220 g/mol. The highest BCUT2D eigenvalue weighted by molar-refractivity contribution is 5.43. The largest absolute Gasteiger partial charge is 0.507 e. The molecule has 88 valence electrons. The standard InChI is InChI=1S/C14H20O2/c1-9-7-11(8-10(2)14(9)16)12-5-3-4-6-13(12)15/h7-8,12-13,15-16H,3-6H2,1-2H3/t12-,13+/m0/s1. The molecule has 0 aromatic heterocycles. The molecule has 2 N–H and O–H groups in total. The van der Waals surface area contributed by atoms with Crippen molar-refractivity contribution >= 4 is 0 Å². The van der Waals surface area contributed by atoms with Crippen molar-refractivity contribution in [1.29, 1.82) is 0 Å². The first-order valence-electron chi connectivity index (χ1n) is 6.08. The number of aliphatic hydroxyl groups excluding tert-OH is 1. The maximum Gasteiger partial charge on any atom is 0.121 e. The van der Waals surface area contributed by atoms with Crippen LogP contribution in [0.15, 0.2) is 12.1 Å². The summed E-state index contributed by atoms with van der Waals surface area (Å²) in [6.45, 7) is 3.84. The van der Waals surface area contributed by atoms with Crippen molar-refractivity contribution in [3.05, 3.63) is 28.8 Å². The normalized spacial score (nSPS) is 25.7. The molecule has 0 amide bonds. The summed E-state index contributed by atoms with van der Waals surface area (Å²) in [6.07, 6.45) is 4.08. The number of phenols is 1. The van der Waals surface area contributed by atoms with Crippen molar-refractivity contribution in [2.24, 2.45) is 0 Å². The lowest BCUT2D eigenvalue weighted by Crippen LogP contribution is -2.22. The van der Waals surface area contributed by atoms with Gasteiger partial charge in [0, 0.05) is 5.92 Å². The van der Waals surface area contributed by atoms with Gasteiger partial charge in [-0.3, -0.25) is 0 Å². The fourth-order valence-electron chi connectivity index (χ4n) is 2.70. The van der Waals surface area contributed by atoms with E-state index in [0.717, 1.165) is 30.4 Å². The lowest BCUT2D eigenvalue weighted by atomic mass is 9.81. The van der Waals surface area contributed by atoms with E-state index >= 15 is 0 Å². The first kappa shape index (κ1) is 11.5. The third kappa shape index (κ3) is 2.07. The number of rotatable bonds is 1. The average Bonchev–Trinajstić information content (AvgIpc) is 2.26. The molecule has 0 unspecified atom stereocenters. The Morgan fingerprint density at radius 2 is 1.62 bits per heavy atom. The Balaban J connectivity index is 2.32. The Labute approximate surface area is 96.9 Å². The molecule has 2 heteroatoms. The van der Waals surface area contributed by atoms with E-state index in [2.05, 4.69) is 0 Å². The Hall–Kier alpha value is -1.02. The molecule has 0 radical (unpaired) electrons. The molecule has 0 bridgehead atoms. The molecule has 0 spiro atoms. The van der Waals surface area contributed by atoms with Crippen molar-refractivity contribution in [2.75, 3.05) is 0 Å². The van der Waals surface area contributed by atoms with Gasteiger partial charge in [-0.2, -0.15) is 0 Å². The van der Waals surface area contributed by atoms with Gasteiger partial charge in [-0.1, -0.05) is 25.0 Å². The van der Waals surface area contributed by atoms with Crippen molar-refractivity contribution < 1.29 is 10.2 Å². The topological polar surface area (TPSA) is 40.5 Å². The Bertz CT molecular complexity index is 361. The second-order valence-electron chi connectivity index (χ2n) is 4.96. The van der Waals surface area contributed by atoms with E-state index in [1.807, 2.05) is 26.0 Å². The smallest absolute Gasteiger partial charge is 0.121 e. The molecule has 16 heavy (non-hydrogen) atoms. The molecule has 1 aromatic rings. The molecule has 2 atom stereocenters. The van der Waals surface area contributed by atoms with Gasteiger partial charge >= 0.3 is 0 Å². The van der Waals surface area contributed by atoms with Crippen molar-refractivity contribution in [3.8, 4) is 5.75 Å². The van der Waals surface area contributed by atoms with Crippen LogP contribution in [0.25, 0.3) is 0 Å². The number of hydrogen-bond donors (Lipinski definition) is 2. The van der Waals surface area contributed by atoms with Crippen LogP contribution >= 0.6 is 0 Å². The zero-order valence-electron chi connectivity index (χ0n) is 10.0. The quantitative estimate of drug-likeness (QED) is 0.763. The molecular formula is C14H20O2. The second kappa shape index (κ2) is 4.46. The summed E-state index contributed by atoms with van der Waals surface area (Å²) in [7, 11) is 0. The average molecular weight is 220 g/mol. The van der Waals surface area contributed by atoms with Crippen LogP contribution < -0.4 is 0 Å². The lowest BCUT2D eigenvalue weighted by molar-refractivity contribution is 0.106. The summed E-state index contributed by atoms with van der Waals surface area (Å²) in [4.78, 5) is 0. The van der Waals surface area contributed by atoms with Gasteiger partial charge in [0.25, 0.3) is 0 Å². The van der Waals surface area contributed by atoms with Gasteiger partial charge in [-0.25, -0.2) is 0 Å².